The summed E-state index contributed by atoms with van der Waals surface area (Å²) in [7, 11) is 0. The Morgan fingerprint density at radius 3 is 1.69 bits per heavy atom. The van der Waals surface area contributed by atoms with Crippen LogP contribution < -0.4 is 0 Å². The van der Waals surface area contributed by atoms with Gasteiger partial charge in [0.2, 0.25) is 0 Å². The average molecular weight is 588 g/mol. The molecule has 0 amide bonds. The molecule has 0 aliphatic heterocycles. The van der Waals surface area contributed by atoms with E-state index in [0.717, 1.165) is 0 Å². The molecule has 1 heteroatoms. The zero-order valence-electron chi connectivity index (χ0n) is 38.4. The first-order valence-electron chi connectivity index (χ1n) is 21.7. The monoisotopic (exact) mass is 587 g/mol. The molecular weight excluding hydrogens is 544 g/mol. The second-order valence-corrected chi connectivity index (χ2v) is 10.5. The summed E-state index contributed by atoms with van der Waals surface area (Å²) in [5.74, 6) is 0. The quantitative estimate of drug-likeness (QED) is 0.187. The molecule has 0 spiro atoms. The molecule has 0 N–H and O–H groups in total. The van der Waals surface area contributed by atoms with E-state index in [1.807, 2.05) is 6.07 Å². The molecule has 0 unspecified atom stereocenters. The first-order valence-corrected chi connectivity index (χ1v) is 14.2. The second-order valence-electron chi connectivity index (χ2n) is 10.5. The predicted octanol–water partition coefficient (Wildman–Crippen LogP) is 12.6. The summed E-state index contributed by atoms with van der Waals surface area (Å²) in [6, 6.07) is 15.1. The molecule has 9 aromatic rings. The van der Waals surface area contributed by atoms with Gasteiger partial charge in [-0.3, -0.25) is 0 Å². The zero-order valence-corrected chi connectivity index (χ0v) is 23.4. The van der Waals surface area contributed by atoms with Gasteiger partial charge in [0.15, 0.2) is 0 Å². The van der Waals surface area contributed by atoms with Crippen LogP contribution in [-0.2, 0) is 0 Å². The van der Waals surface area contributed by atoms with Gasteiger partial charge < -0.3 is 4.42 Å². The molecule has 1 aromatic heterocycles. The second kappa shape index (κ2) is 10.4. The lowest BCUT2D eigenvalue weighted by Gasteiger charge is -2.19. The molecule has 8 aromatic carbocycles. The summed E-state index contributed by atoms with van der Waals surface area (Å²) >= 11 is 0. The SMILES string of the molecule is [2H]c1c([2H])c([2H])c(-c2c([2H])c([2H])c([2H])c3c2oc2c([2H])c(-c4c5ccccc5c(-c5c([2H])c([2H])c([2H])c([2H])c5-c5ccccc5)c5ccccc45)c([2H])c([2H])c23)c([2H])c1[2H]. The molecule has 0 saturated heterocycles. The number of fused-ring (bicyclic) bond motifs is 5. The lowest BCUT2D eigenvalue weighted by molar-refractivity contribution is 0.670. The van der Waals surface area contributed by atoms with E-state index in [0.29, 0.717) is 38.2 Å². The third kappa shape index (κ3) is 4.09. The van der Waals surface area contributed by atoms with E-state index in [-0.39, 0.29) is 62.3 Å². The number of furan rings is 1. The summed E-state index contributed by atoms with van der Waals surface area (Å²) in [6.45, 7) is 0. The van der Waals surface area contributed by atoms with E-state index in [1.54, 1.807) is 72.8 Å². The highest BCUT2D eigenvalue weighted by molar-refractivity contribution is 6.23. The largest absolute Gasteiger partial charge is 0.455 e. The fraction of sp³-hybridized carbons (Fsp3) is 0. The number of hydrogen-bond acceptors (Lipinski definition) is 1. The summed E-state index contributed by atoms with van der Waals surface area (Å²) in [5.41, 5.74) is 0.426. The number of para-hydroxylation sites is 1. The van der Waals surface area contributed by atoms with Gasteiger partial charge in [0.05, 0.1) is 20.6 Å². The molecule has 1 nitrogen and oxygen atoms in total. The van der Waals surface area contributed by atoms with Gasteiger partial charge in [-0.25, -0.2) is 0 Å². The van der Waals surface area contributed by atoms with E-state index in [9.17, 15) is 5.48 Å². The fourth-order valence-electron chi connectivity index (χ4n) is 6.08. The Hall–Kier alpha value is -5.92. The number of hydrogen-bond donors (Lipinski definition) is 0. The van der Waals surface area contributed by atoms with Gasteiger partial charge in [-0.15, -0.1) is 0 Å². The summed E-state index contributed by atoms with van der Waals surface area (Å²) in [4.78, 5) is 0. The lowest BCUT2D eigenvalue weighted by Crippen LogP contribution is -1.92. The van der Waals surface area contributed by atoms with E-state index in [2.05, 4.69) is 0 Å². The van der Waals surface area contributed by atoms with Gasteiger partial charge >= 0.3 is 0 Å². The fourth-order valence-corrected chi connectivity index (χ4v) is 6.08. The Morgan fingerprint density at radius 1 is 0.378 bits per heavy atom. The number of rotatable bonds is 4. The molecule has 45 heavy (non-hydrogen) atoms. The Balaban J connectivity index is 1.44. The minimum absolute atomic E-state index is 0.0446. The summed E-state index contributed by atoms with van der Waals surface area (Å²) in [6.07, 6.45) is 0. The van der Waals surface area contributed by atoms with Gasteiger partial charge in [0.1, 0.15) is 11.2 Å². The van der Waals surface area contributed by atoms with Gasteiger partial charge in [-0.1, -0.05) is 157 Å². The van der Waals surface area contributed by atoms with Crippen molar-refractivity contribution in [3.8, 4) is 44.5 Å². The maximum atomic E-state index is 9.70. The molecule has 0 fully saturated rings. The molecule has 9 rings (SSSR count). The van der Waals surface area contributed by atoms with Crippen LogP contribution in [0.1, 0.15) is 20.6 Å². The molecule has 0 bridgehead atoms. The third-order valence-corrected chi connectivity index (χ3v) is 7.99. The van der Waals surface area contributed by atoms with Crippen molar-refractivity contribution in [3.05, 3.63) is 169 Å². The Kier molecular flexibility index (Phi) is 3.39. The van der Waals surface area contributed by atoms with Crippen LogP contribution in [0.15, 0.2) is 174 Å². The molecule has 0 aliphatic rings. The van der Waals surface area contributed by atoms with Crippen molar-refractivity contribution >= 4 is 43.5 Å². The minimum atomic E-state index is -0.696. The van der Waals surface area contributed by atoms with Crippen molar-refractivity contribution in [2.75, 3.05) is 0 Å². The van der Waals surface area contributed by atoms with Crippen LogP contribution in [0.4, 0.5) is 0 Å². The van der Waals surface area contributed by atoms with Crippen molar-refractivity contribution < 1.29 is 25.0 Å². The first-order chi connectivity index (χ1) is 28.6. The van der Waals surface area contributed by atoms with Crippen molar-refractivity contribution in [2.24, 2.45) is 0 Å². The maximum absolute atomic E-state index is 9.70. The maximum Gasteiger partial charge on any atom is 0.143 e. The number of benzene rings is 8. The molecule has 1 heterocycles. The average Bonchev–Trinajstić information content (AvgIpc) is 3.66. The normalized spacial score (nSPS) is 16.2. The molecule has 0 atom stereocenters. The summed E-state index contributed by atoms with van der Waals surface area (Å²) < 4.78 is 139. The van der Waals surface area contributed by atoms with E-state index >= 15 is 0 Å². The van der Waals surface area contributed by atoms with Crippen molar-refractivity contribution in [1.82, 2.24) is 0 Å². The van der Waals surface area contributed by atoms with Crippen LogP contribution in [-0.4, -0.2) is 0 Å². The van der Waals surface area contributed by atoms with Gasteiger partial charge in [0, 0.05) is 16.3 Å². The van der Waals surface area contributed by atoms with Crippen molar-refractivity contribution in [2.45, 2.75) is 0 Å². The van der Waals surface area contributed by atoms with Gasteiger partial charge in [-0.05, 0) is 72.6 Å². The van der Waals surface area contributed by atoms with Crippen LogP contribution in [0, 0.1) is 0 Å². The molecule has 210 valence electrons. The Bertz CT molecular complexity index is 3290. The smallest absolute Gasteiger partial charge is 0.143 e. The van der Waals surface area contributed by atoms with Crippen LogP contribution in [0.25, 0.3) is 88.0 Å². The predicted molar refractivity (Wildman–Crippen MR) is 190 cm³/mol. The third-order valence-electron chi connectivity index (χ3n) is 7.99. The first kappa shape index (κ1) is 14.7. The minimum Gasteiger partial charge on any atom is -0.455 e. The zero-order chi connectivity index (χ0) is 42.8. The van der Waals surface area contributed by atoms with Gasteiger partial charge in [-0.2, -0.15) is 0 Å². The van der Waals surface area contributed by atoms with Crippen molar-refractivity contribution in [3.63, 3.8) is 0 Å². The Morgan fingerprint density at radius 2 is 0.978 bits per heavy atom. The molecular formula is C44H28O. The highest BCUT2D eigenvalue weighted by atomic mass is 16.3. The van der Waals surface area contributed by atoms with Crippen LogP contribution in [0.2, 0.25) is 0 Å². The standard InChI is InChI=1S/C44H28O/c1-3-14-29(15-4-1)32-18-7-8-19-35(32)43-38-22-11-9-20-36(38)42(37-21-10-12-23-39(37)43)31-26-27-34-40-25-13-24-33(30-16-5-2-6-17-30)44(40)45-41(34)28-31/h1-28H/i2D,5D,6D,7D,8D,13D,16D,17D,18D,19D,24D,25D,26D,27D,28D. The van der Waals surface area contributed by atoms with Crippen molar-refractivity contribution in [1.29, 1.82) is 0 Å². The summed E-state index contributed by atoms with van der Waals surface area (Å²) in [5, 5.41) is 1.61. The van der Waals surface area contributed by atoms with Gasteiger partial charge in [0.25, 0.3) is 0 Å². The molecule has 0 aliphatic carbocycles. The molecule has 0 saturated carbocycles. The Labute approximate surface area is 282 Å². The van der Waals surface area contributed by atoms with Crippen LogP contribution in [0.3, 0.4) is 0 Å². The van der Waals surface area contributed by atoms with Crippen LogP contribution >= 0.6 is 0 Å². The van der Waals surface area contributed by atoms with E-state index < -0.39 is 78.1 Å². The highest BCUT2D eigenvalue weighted by Crippen LogP contribution is 2.47. The van der Waals surface area contributed by atoms with E-state index in [1.165, 1.54) is 0 Å². The highest BCUT2D eigenvalue weighted by Gasteiger charge is 2.20. The topological polar surface area (TPSA) is 13.1 Å². The van der Waals surface area contributed by atoms with Crippen LogP contribution in [0.5, 0.6) is 0 Å². The lowest BCUT2D eigenvalue weighted by atomic mass is 9.84. The molecule has 0 radical (unpaired) electrons. The van der Waals surface area contributed by atoms with E-state index in [4.69, 9.17) is 19.5 Å².